The highest BCUT2D eigenvalue weighted by Crippen LogP contribution is 2.58. The molecule has 11 aromatic rings. The number of thiophene rings is 1. The summed E-state index contributed by atoms with van der Waals surface area (Å²) in [7, 11) is 0. The molecule has 0 spiro atoms. The van der Waals surface area contributed by atoms with Crippen LogP contribution in [0.25, 0.3) is 75.1 Å². The maximum Gasteiger partial charge on any atom is 0.333 e. The summed E-state index contributed by atoms with van der Waals surface area (Å²) >= 11 is 1.93. The third kappa shape index (κ3) is 4.15. The second kappa shape index (κ2) is 11.6. The fourth-order valence-corrected chi connectivity index (χ4v) is 12.3. The lowest BCUT2D eigenvalue weighted by molar-refractivity contribution is 0.633. The first-order chi connectivity index (χ1) is 29.5. The first kappa shape index (κ1) is 32.8. The molecule has 0 N–H and O–H groups in total. The molecule has 2 aromatic heterocycles. The van der Waals surface area contributed by atoms with E-state index in [0.717, 1.165) is 27.6 Å². The molecule has 0 saturated carbocycles. The molecule has 3 aliphatic heterocycles. The second-order valence-corrected chi connectivity index (χ2v) is 18.3. The van der Waals surface area contributed by atoms with Crippen molar-refractivity contribution in [2.45, 2.75) is 19.3 Å². The summed E-state index contributed by atoms with van der Waals surface area (Å²) in [4.78, 5) is 5.26. The molecule has 0 bridgehead atoms. The zero-order valence-corrected chi connectivity index (χ0v) is 33.8. The van der Waals surface area contributed by atoms with E-state index in [2.05, 4.69) is 199 Å². The molecule has 0 aliphatic carbocycles. The highest BCUT2D eigenvalue weighted by atomic mass is 32.1. The fraction of sp³-hybridized carbons (Fsp3) is 0.0545. The van der Waals surface area contributed by atoms with Gasteiger partial charge in [-0.25, -0.2) is 0 Å². The van der Waals surface area contributed by atoms with Crippen LogP contribution in [0, 0.1) is 0 Å². The van der Waals surface area contributed by atoms with E-state index in [4.69, 9.17) is 4.42 Å². The van der Waals surface area contributed by atoms with E-state index in [9.17, 15) is 0 Å². The van der Waals surface area contributed by atoms with Crippen molar-refractivity contribution in [1.82, 2.24) is 0 Å². The van der Waals surface area contributed by atoms with Gasteiger partial charge in [0.15, 0.2) is 5.58 Å². The van der Waals surface area contributed by atoms with Gasteiger partial charge in [0.25, 0.3) is 0 Å². The number of rotatable bonds is 2. The van der Waals surface area contributed by atoms with Crippen LogP contribution >= 0.6 is 11.3 Å². The Morgan fingerprint density at radius 2 is 1.28 bits per heavy atom. The van der Waals surface area contributed by atoms with Gasteiger partial charge in [0, 0.05) is 64.5 Å². The van der Waals surface area contributed by atoms with Gasteiger partial charge in [0.1, 0.15) is 5.58 Å². The van der Waals surface area contributed by atoms with E-state index in [1.165, 1.54) is 98.0 Å². The van der Waals surface area contributed by atoms with Crippen molar-refractivity contribution in [2.75, 3.05) is 9.71 Å². The van der Waals surface area contributed by atoms with Gasteiger partial charge in [0.05, 0.1) is 11.4 Å². The van der Waals surface area contributed by atoms with Crippen LogP contribution in [0.4, 0.5) is 28.4 Å². The zero-order valence-electron chi connectivity index (χ0n) is 33.0. The van der Waals surface area contributed by atoms with Crippen LogP contribution < -0.4 is 20.6 Å². The topological polar surface area (TPSA) is 19.6 Å². The van der Waals surface area contributed by atoms with Crippen LogP contribution in [0.15, 0.2) is 180 Å². The first-order valence-corrected chi connectivity index (χ1v) is 21.7. The minimum atomic E-state index is -0.249. The standard InChI is InChI=1S/C55H35BN2OS/c1-55(2)41-21-13-22-43-52(41)57(46-30-34-17-7-6-16-33(34)29-42(46)55)47-31-39-37-19-9-11-25-49(37)60-54(39)50-40-28-35(32-14-4-3-5-15-32)26-27-44(40)58(56(43)51(47)50)45-23-12-20-38-36-18-8-10-24-48(36)59-53(38)45/h3-31H,1-2H3. The van der Waals surface area contributed by atoms with Gasteiger partial charge in [-0.3, -0.25) is 0 Å². The molecule has 3 nitrogen and oxygen atoms in total. The molecular weight excluding hydrogens is 747 g/mol. The summed E-state index contributed by atoms with van der Waals surface area (Å²) < 4.78 is 9.56. The Hall–Kier alpha value is -7.08. The molecule has 5 heteroatoms. The third-order valence-electron chi connectivity index (χ3n) is 13.8. The molecule has 280 valence electrons. The lowest BCUT2D eigenvalue weighted by Gasteiger charge is -2.50. The van der Waals surface area contributed by atoms with Gasteiger partial charge < -0.3 is 14.1 Å². The van der Waals surface area contributed by atoms with Crippen molar-refractivity contribution < 1.29 is 4.42 Å². The van der Waals surface area contributed by atoms with Crippen LogP contribution in [0.3, 0.4) is 0 Å². The summed E-state index contributed by atoms with van der Waals surface area (Å²) in [5.74, 6) is 0. The van der Waals surface area contributed by atoms with Gasteiger partial charge in [-0.2, -0.15) is 0 Å². The number of fused-ring (bicyclic) bond motifs is 14. The van der Waals surface area contributed by atoms with E-state index < -0.39 is 0 Å². The summed E-state index contributed by atoms with van der Waals surface area (Å²) in [6.07, 6.45) is 0. The molecule has 0 radical (unpaired) electrons. The number of para-hydroxylation sites is 3. The molecule has 14 rings (SSSR count). The monoisotopic (exact) mass is 782 g/mol. The summed E-state index contributed by atoms with van der Waals surface area (Å²) in [6, 6.07) is 65.5. The van der Waals surface area contributed by atoms with Crippen molar-refractivity contribution in [3.63, 3.8) is 0 Å². The molecule has 0 fully saturated rings. The molecule has 0 saturated heterocycles. The van der Waals surface area contributed by atoms with E-state index in [1.54, 1.807) is 0 Å². The first-order valence-electron chi connectivity index (χ1n) is 20.9. The van der Waals surface area contributed by atoms with E-state index in [-0.39, 0.29) is 12.3 Å². The molecule has 0 amide bonds. The smallest absolute Gasteiger partial charge is 0.333 e. The lowest BCUT2D eigenvalue weighted by atomic mass is 9.42. The SMILES string of the molecule is CC1(C)c2cc3ccccc3cc2N2c3cc4c(sc5ccccc54)c4c3B(c3cccc1c32)N(c1cccc2c1oc1ccccc12)c1ccc(-c2ccccc2)cc1-4. The minimum absolute atomic E-state index is 0.137. The fourth-order valence-electron chi connectivity index (χ4n) is 11.1. The van der Waals surface area contributed by atoms with Gasteiger partial charge in [-0.05, 0) is 92.5 Å². The molecule has 0 atom stereocenters. The van der Waals surface area contributed by atoms with Crippen molar-refractivity contribution in [1.29, 1.82) is 0 Å². The minimum Gasteiger partial charge on any atom is -0.454 e. The Bertz CT molecular complexity index is 3670. The van der Waals surface area contributed by atoms with Crippen LogP contribution in [0.1, 0.15) is 25.0 Å². The maximum atomic E-state index is 6.92. The lowest BCUT2D eigenvalue weighted by Crippen LogP contribution is -2.62. The molecule has 3 aliphatic rings. The summed E-state index contributed by atoms with van der Waals surface area (Å²) in [5.41, 5.74) is 17.9. The van der Waals surface area contributed by atoms with Gasteiger partial charge in [-0.15, -0.1) is 11.3 Å². The number of furan rings is 1. The van der Waals surface area contributed by atoms with Crippen LogP contribution in [0.2, 0.25) is 0 Å². The highest BCUT2D eigenvalue weighted by molar-refractivity contribution is 7.26. The average molecular weight is 783 g/mol. The van der Waals surface area contributed by atoms with E-state index in [1.807, 2.05) is 11.3 Å². The van der Waals surface area contributed by atoms with Gasteiger partial charge >= 0.3 is 6.85 Å². The normalized spacial score (nSPS) is 14.5. The quantitative estimate of drug-likeness (QED) is 0.163. The van der Waals surface area contributed by atoms with Crippen molar-refractivity contribution in [3.05, 3.63) is 187 Å². The predicted octanol–water partition coefficient (Wildman–Crippen LogP) is 14.1. The highest BCUT2D eigenvalue weighted by Gasteiger charge is 2.50. The third-order valence-corrected chi connectivity index (χ3v) is 15.0. The Morgan fingerprint density at radius 1 is 0.533 bits per heavy atom. The maximum absolute atomic E-state index is 6.92. The molecule has 9 aromatic carbocycles. The zero-order chi connectivity index (χ0) is 39.4. The Labute approximate surface area is 351 Å². The molecule has 60 heavy (non-hydrogen) atoms. The Kier molecular flexibility index (Phi) is 6.33. The second-order valence-electron chi connectivity index (χ2n) is 17.2. The molecule has 5 heterocycles. The number of nitrogens with zero attached hydrogens (tertiary/aromatic N) is 2. The Balaban J connectivity index is 1.18. The largest absolute Gasteiger partial charge is 0.454 e. The van der Waals surface area contributed by atoms with Crippen molar-refractivity contribution in [3.8, 4) is 22.3 Å². The van der Waals surface area contributed by atoms with Crippen LogP contribution in [-0.4, -0.2) is 6.85 Å². The number of benzene rings is 9. The van der Waals surface area contributed by atoms with E-state index >= 15 is 0 Å². The molecule has 0 unspecified atom stereocenters. The van der Waals surface area contributed by atoms with Crippen molar-refractivity contribution >= 4 is 110 Å². The van der Waals surface area contributed by atoms with Crippen molar-refractivity contribution in [2.24, 2.45) is 0 Å². The van der Waals surface area contributed by atoms with Crippen LogP contribution in [0.5, 0.6) is 0 Å². The number of hydrogen-bond donors (Lipinski definition) is 0. The van der Waals surface area contributed by atoms with Gasteiger partial charge in [-0.1, -0.05) is 141 Å². The van der Waals surface area contributed by atoms with E-state index in [0.29, 0.717) is 0 Å². The number of hydrogen-bond acceptors (Lipinski definition) is 4. The number of anilines is 5. The van der Waals surface area contributed by atoms with Gasteiger partial charge in [0.2, 0.25) is 0 Å². The predicted molar refractivity (Wildman–Crippen MR) is 255 cm³/mol. The molecular formula is C55H35BN2OS. The summed E-state index contributed by atoms with van der Waals surface area (Å²) in [6.45, 7) is 4.69. The Morgan fingerprint density at radius 3 is 2.17 bits per heavy atom. The van der Waals surface area contributed by atoms with Crippen LogP contribution in [-0.2, 0) is 5.41 Å². The average Bonchev–Trinajstić information content (AvgIpc) is 3.87. The summed E-state index contributed by atoms with van der Waals surface area (Å²) in [5, 5.41) is 7.40.